The zero-order valence-electron chi connectivity index (χ0n) is 15.7. The zero-order chi connectivity index (χ0) is 20.7. The van der Waals surface area contributed by atoms with Gasteiger partial charge in [-0.05, 0) is 51.0 Å². The van der Waals surface area contributed by atoms with E-state index in [1.54, 1.807) is 13.0 Å². The van der Waals surface area contributed by atoms with Crippen molar-refractivity contribution in [2.45, 2.75) is 38.7 Å². The quantitative estimate of drug-likeness (QED) is 0.619. The van der Waals surface area contributed by atoms with Gasteiger partial charge >= 0.3 is 5.97 Å². The lowest BCUT2D eigenvalue weighted by Crippen LogP contribution is -2.30. The first-order valence-corrected chi connectivity index (χ1v) is 9.45. The van der Waals surface area contributed by atoms with E-state index in [4.69, 9.17) is 20.9 Å². The highest BCUT2D eigenvalue weighted by molar-refractivity contribution is 6.33. The summed E-state index contributed by atoms with van der Waals surface area (Å²) in [5.41, 5.74) is 2.01. The number of aryl methyl sites for hydroxylation is 1. The fourth-order valence-electron chi connectivity index (χ4n) is 2.97. The summed E-state index contributed by atoms with van der Waals surface area (Å²) in [6.07, 6.45) is 0.880. The van der Waals surface area contributed by atoms with Gasteiger partial charge in [0.2, 0.25) is 0 Å². The Hall–Kier alpha value is -3.00. The minimum absolute atomic E-state index is 0.0434. The number of aromatic nitrogens is 2. The Morgan fingerprint density at radius 1 is 1.34 bits per heavy atom. The Bertz CT molecular complexity index is 1130. The summed E-state index contributed by atoms with van der Waals surface area (Å²) >= 11 is 5.92. The second-order valence-electron chi connectivity index (χ2n) is 6.98. The normalized spacial score (nSPS) is 14.6. The van der Waals surface area contributed by atoms with Gasteiger partial charge in [0.15, 0.2) is 6.10 Å². The van der Waals surface area contributed by atoms with E-state index >= 15 is 0 Å². The van der Waals surface area contributed by atoms with Crippen LogP contribution in [0.5, 0.6) is 0 Å². The zero-order valence-corrected chi connectivity index (χ0v) is 16.4. The van der Waals surface area contributed by atoms with E-state index in [9.17, 15) is 14.0 Å². The Morgan fingerprint density at radius 2 is 2.10 bits per heavy atom. The van der Waals surface area contributed by atoms with Crippen molar-refractivity contribution in [2.75, 3.05) is 5.32 Å². The fourth-order valence-corrected chi connectivity index (χ4v) is 3.18. The van der Waals surface area contributed by atoms with E-state index in [1.807, 2.05) is 0 Å². The first-order valence-electron chi connectivity index (χ1n) is 9.07. The lowest BCUT2D eigenvalue weighted by Gasteiger charge is -2.15. The molecule has 1 fully saturated rings. The van der Waals surface area contributed by atoms with Gasteiger partial charge < -0.3 is 14.6 Å². The van der Waals surface area contributed by atoms with Gasteiger partial charge in [-0.25, -0.2) is 14.2 Å². The van der Waals surface area contributed by atoms with Crippen LogP contribution in [-0.4, -0.2) is 28.1 Å². The molecule has 29 heavy (non-hydrogen) atoms. The number of amides is 1. The molecule has 1 unspecified atom stereocenters. The van der Waals surface area contributed by atoms with Crippen molar-refractivity contribution >= 4 is 40.3 Å². The number of carbonyl (C=O) groups excluding carboxylic acids is 2. The third kappa shape index (κ3) is 3.93. The molecule has 9 heteroatoms. The summed E-state index contributed by atoms with van der Waals surface area (Å²) in [6, 6.07) is 5.25. The average molecular weight is 418 g/mol. The molecular weight excluding hydrogens is 401 g/mol. The molecule has 1 aliphatic carbocycles. The van der Waals surface area contributed by atoms with Gasteiger partial charge in [0, 0.05) is 11.6 Å². The number of anilines is 1. The molecule has 1 amide bonds. The molecule has 1 aliphatic rings. The Labute approximate surface area is 170 Å². The number of fused-ring (bicyclic) bond motifs is 1. The van der Waals surface area contributed by atoms with E-state index in [0.29, 0.717) is 11.1 Å². The summed E-state index contributed by atoms with van der Waals surface area (Å²) in [4.78, 5) is 29.6. The molecule has 1 saturated carbocycles. The minimum atomic E-state index is -1.11. The van der Waals surface area contributed by atoms with Crippen molar-refractivity contribution in [1.82, 2.24) is 10.1 Å². The topological polar surface area (TPSA) is 94.3 Å². The molecule has 150 valence electrons. The summed E-state index contributed by atoms with van der Waals surface area (Å²) in [6.45, 7) is 3.14. The molecule has 0 radical (unpaired) electrons. The third-order valence-electron chi connectivity index (χ3n) is 4.69. The number of halogens is 2. The number of ether oxygens (including phenoxy) is 1. The predicted molar refractivity (Wildman–Crippen MR) is 103 cm³/mol. The standard InChI is InChI=1S/C20H17ClFN3O4/c1-9-17-13(8-16(11-3-4-11)24-19(17)29-25-9)20(27)28-10(2)18(26)23-15-6-5-12(22)7-14(15)21/h5-8,10-11H,3-4H2,1-2H3,(H,23,26). The summed E-state index contributed by atoms with van der Waals surface area (Å²) < 4.78 is 23.7. The lowest BCUT2D eigenvalue weighted by atomic mass is 10.1. The first kappa shape index (κ1) is 19.3. The number of pyridine rings is 1. The van der Waals surface area contributed by atoms with Crippen LogP contribution in [0.15, 0.2) is 28.8 Å². The van der Waals surface area contributed by atoms with Crippen LogP contribution in [-0.2, 0) is 9.53 Å². The number of hydrogen-bond donors (Lipinski definition) is 1. The molecule has 0 saturated heterocycles. The summed E-state index contributed by atoms with van der Waals surface area (Å²) in [5, 5.41) is 6.91. The molecular formula is C20H17ClFN3O4. The van der Waals surface area contributed by atoms with Gasteiger partial charge in [-0.1, -0.05) is 16.8 Å². The van der Waals surface area contributed by atoms with Crippen LogP contribution >= 0.6 is 11.6 Å². The number of hydrogen-bond acceptors (Lipinski definition) is 6. The van der Waals surface area contributed by atoms with Gasteiger partial charge in [0.25, 0.3) is 11.6 Å². The maximum absolute atomic E-state index is 13.1. The second kappa shape index (κ2) is 7.44. The summed E-state index contributed by atoms with van der Waals surface area (Å²) in [7, 11) is 0. The van der Waals surface area contributed by atoms with Gasteiger partial charge in [-0.15, -0.1) is 0 Å². The van der Waals surface area contributed by atoms with Crippen molar-refractivity contribution in [3.63, 3.8) is 0 Å². The van der Waals surface area contributed by atoms with Crippen molar-refractivity contribution < 1.29 is 23.2 Å². The van der Waals surface area contributed by atoms with E-state index in [2.05, 4.69) is 15.5 Å². The molecule has 1 atom stereocenters. The van der Waals surface area contributed by atoms with E-state index < -0.39 is 23.8 Å². The van der Waals surface area contributed by atoms with Crippen molar-refractivity contribution in [2.24, 2.45) is 0 Å². The average Bonchev–Trinajstić information content (AvgIpc) is 3.46. The lowest BCUT2D eigenvalue weighted by molar-refractivity contribution is -0.123. The molecule has 2 aromatic heterocycles. The molecule has 0 aliphatic heterocycles. The third-order valence-corrected chi connectivity index (χ3v) is 5.01. The highest BCUT2D eigenvalue weighted by Crippen LogP contribution is 2.40. The van der Waals surface area contributed by atoms with E-state index in [1.165, 1.54) is 19.1 Å². The van der Waals surface area contributed by atoms with E-state index in [0.717, 1.165) is 24.6 Å². The number of esters is 1. The van der Waals surface area contributed by atoms with E-state index in [-0.39, 0.29) is 27.9 Å². The monoisotopic (exact) mass is 417 g/mol. The van der Waals surface area contributed by atoms with Crippen molar-refractivity contribution in [1.29, 1.82) is 0 Å². The smallest absolute Gasteiger partial charge is 0.339 e. The van der Waals surface area contributed by atoms with Crippen LogP contribution in [0, 0.1) is 12.7 Å². The van der Waals surface area contributed by atoms with Gasteiger partial charge in [0.05, 0.1) is 27.4 Å². The van der Waals surface area contributed by atoms with Crippen LogP contribution < -0.4 is 5.32 Å². The minimum Gasteiger partial charge on any atom is -0.449 e. The molecule has 0 spiro atoms. The van der Waals surface area contributed by atoms with Crippen LogP contribution in [0.2, 0.25) is 5.02 Å². The number of benzene rings is 1. The molecule has 1 N–H and O–H groups in total. The molecule has 2 heterocycles. The fraction of sp³-hybridized carbons (Fsp3) is 0.300. The molecule has 0 bridgehead atoms. The van der Waals surface area contributed by atoms with Crippen molar-refractivity contribution in [3.05, 3.63) is 52.1 Å². The second-order valence-corrected chi connectivity index (χ2v) is 7.39. The van der Waals surface area contributed by atoms with Crippen LogP contribution in [0.25, 0.3) is 11.1 Å². The van der Waals surface area contributed by atoms with Crippen LogP contribution in [0.3, 0.4) is 0 Å². The Kier molecular flexibility index (Phi) is 4.96. The number of nitrogens with zero attached hydrogens (tertiary/aromatic N) is 2. The molecule has 1 aromatic carbocycles. The molecule has 7 nitrogen and oxygen atoms in total. The number of rotatable bonds is 5. The van der Waals surface area contributed by atoms with Crippen LogP contribution in [0.4, 0.5) is 10.1 Å². The highest BCUT2D eigenvalue weighted by atomic mass is 35.5. The highest BCUT2D eigenvalue weighted by Gasteiger charge is 2.30. The Balaban J connectivity index is 1.54. The van der Waals surface area contributed by atoms with Gasteiger partial charge in [-0.2, -0.15) is 0 Å². The number of carbonyl (C=O) groups is 2. The SMILES string of the molecule is Cc1noc2nc(C3CC3)cc(C(=O)OC(C)C(=O)Nc3ccc(F)cc3Cl)c12. The van der Waals surface area contributed by atoms with Gasteiger partial charge in [0.1, 0.15) is 5.82 Å². The largest absolute Gasteiger partial charge is 0.449 e. The maximum atomic E-state index is 13.1. The maximum Gasteiger partial charge on any atom is 0.339 e. The molecule has 3 aromatic rings. The van der Waals surface area contributed by atoms with Crippen LogP contribution in [0.1, 0.15) is 47.4 Å². The number of nitrogens with one attached hydrogen (secondary N) is 1. The van der Waals surface area contributed by atoms with Crippen molar-refractivity contribution in [3.8, 4) is 0 Å². The summed E-state index contributed by atoms with van der Waals surface area (Å²) in [5.74, 6) is -1.51. The predicted octanol–water partition coefficient (Wildman–Crippen LogP) is 4.39. The Morgan fingerprint density at radius 3 is 2.79 bits per heavy atom. The molecule has 4 rings (SSSR count). The first-order chi connectivity index (χ1) is 13.8. The van der Waals surface area contributed by atoms with Gasteiger partial charge in [-0.3, -0.25) is 4.79 Å².